The Bertz CT molecular complexity index is 757. The predicted octanol–water partition coefficient (Wildman–Crippen LogP) is 0.241. The molecule has 2 N–H and O–H groups in total. The topological polar surface area (TPSA) is 81.8 Å². The summed E-state index contributed by atoms with van der Waals surface area (Å²) in [5, 5.41) is 5.73. The largest absolute Gasteiger partial charge is 0.322 e. The van der Waals surface area contributed by atoms with E-state index in [2.05, 4.69) is 28.6 Å². The van der Waals surface area contributed by atoms with Crippen molar-refractivity contribution in [3.63, 3.8) is 0 Å². The van der Waals surface area contributed by atoms with Crippen LogP contribution in [0.1, 0.15) is 40.7 Å². The summed E-state index contributed by atoms with van der Waals surface area (Å²) in [5.41, 5.74) is 2.84. The van der Waals surface area contributed by atoms with Gasteiger partial charge in [0.05, 0.1) is 0 Å². The van der Waals surface area contributed by atoms with Crippen molar-refractivity contribution in [2.75, 3.05) is 20.1 Å². The fraction of sp³-hybridized carbons (Fsp3) is 0.526. The molecule has 26 heavy (non-hydrogen) atoms. The summed E-state index contributed by atoms with van der Waals surface area (Å²) in [4.78, 5) is 40.4. The minimum atomic E-state index is -0.558. The SMILES string of the molecule is CN(Cc1cccc2c1CN(C1CCC(=O)NC1=O)C2=O)[C@@H]1CCNC1. The first-order valence-electron chi connectivity index (χ1n) is 9.21. The molecule has 0 aliphatic carbocycles. The van der Waals surface area contributed by atoms with Crippen LogP contribution < -0.4 is 10.6 Å². The Kier molecular flexibility index (Phi) is 4.50. The fourth-order valence-corrected chi connectivity index (χ4v) is 4.21. The van der Waals surface area contributed by atoms with Crippen molar-refractivity contribution in [1.29, 1.82) is 0 Å². The summed E-state index contributed by atoms with van der Waals surface area (Å²) in [7, 11) is 2.12. The Morgan fingerprint density at radius 3 is 2.81 bits per heavy atom. The molecule has 2 fully saturated rings. The van der Waals surface area contributed by atoms with Gasteiger partial charge in [-0.05, 0) is 43.6 Å². The lowest BCUT2D eigenvalue weighted by Gasteiger charge is -2.29. The van der Waals surface area contributed by atoms with Crippen LogP contribution >= 0.6 is 0 Å². The van der Waals surface area contributed by atoms with E-state index in [1.807, 2.05) is 12.1 Å². The van der Waals surface area contributed by atoms with E-state index in [-0.39, 0.29) is 24.1 Å². The van der Waals surface area contributed by atoms with Crippen molar-refractivity contribution >= 4 is 17.7 Å². The molecule has 2 atom stereocenters. The summed E-state index contributed by atoms with van der Waals surface area (Å²) in [6.45, 7) is 3.26. The minimum Gasteiger partial charge on any atom is -0.322 e. The molecular formula is C19H24N4O3. The highest BCUT2D eigenvalue weighted by atomic mass is 16.2. The van der Waals surface area contributed by atoms with E-state index < -0.39 is 6.04 Å². The molecule has 0 aromatic heterocycles. The third-order valence-corrected chi connectivity index (χ3v) is 5.76. The van der Waals surface area contributed by atoms with E-state index in [9.17, 15) is 14.4 Å². The number of piperidine rings is 1. The molecule has 4 rings (SSSR count). The number of rotatable bonds is 4. The number of carbonyl (C=O) groups excluding carboxylic acids is 3. The maximum Gasteiger partial charge on any atom is 0.255 e. The maximum atomic E-state index is 12.9. The predicted molar refractivity (Wildman–Crippen MR) is 95.2 cm³/mol. The quantitative estimate of drug-likeness (QED) is 0.756. The van der Waals surface area contributed by atoms with Crippen LogP contribution in [0.5, 0.6) is 0 Å². The number of hydrogen-bond donors (Lipinski definition) is 2. The third-order valence-electron chi connectivity index (χ3n) is 5.76. The van der Waals surface area contributed by atoms with Crippen LogP contribution in [-0.4, -0.2) is 59.7 Å². The summed E-state index contributed by atoms with van der Waals surface area (Å²) >= 11 is 0. The fourth-order valence-electron chi connectivity index (χ4n) is 4.21. The van der Waals surface area contributed by atoms with Crippen molar-refractivity contribution in [2.24, 2.45) is 0 Å². The molecule has 0 bridgehead atoms. The lowest BCUT2D eigenvalue weighted by Crippen LogP contribution is -2.52. The zero-order chi connectivity index (χ0) is 18.3. The molecule has 1 unspecified atom stereocenters. The van der Waals surface area contributed by atoms with E-state index in [1.165, 1.54) is 0 Å². The highest BCUT2D eigenvalue weighted by Gasteiger charge is 2.39. The van der Waals surface area contributed by atoms with Crippen LogP contribution in [0.4, 0.5) is 0 Å². The Labute approximate surface area is 152 Å². The number of carbonyl (C=O) groups is 3. The highest BCUT2D eigenvalue weighted by Crippen LogP contribution is 2.30. The zero-order valence-electron chi connectivity index (χ0n) is 15.0. The Morgan fingerprint density at radius 1 is 1.23 bits per heavy atom. The molecule has 7 heteroatoms. The first-order valence-corrected chi connectivity index (χ1v) is 9.21. The van der Waals surface area contributed by atoms with Gasteiger partial charge in [0, 0.05) is 37.7 Å². The molecule has 1 aromatic carbocycles. The molecule has 1 aromatic rings. The van der Waals surface area contributed by atoms with Gasteiger partial charge in [0.2, 0.25) is 11.8 Å². The van der Waals surface area contributed by atoms with Gasteiger partial charge in [0.1, 0.15) is 6.04 Å². The number of imide groups is 1. The standard InChI is InChI=1S/C19H24N4O3/c1-22(13-7-8-20-9-13)10-12-3-2-4-14-15(12)11-23(19(14)26)16-5-6-17(24)21-18(16)25/h2-4,13,16,20H,5-11H2,1H3,(H,21,24,25)/t13-,16?/m1/s1. The summed E-state index contributed by atoms with van der Waals surface area (Å²) in [6, 6.07) is 5.77. The van der Waals surface area contributed by atoms with E-state index in [0.29, 0.717) is 24.6 Å². The van der Waals surface area contributed by atoms with Crippen molar-refractivity contribution in [3.8, 4) is 0 Å². The number of amides is 3. The first-order chi connectivity index (χ1) is 12.5. The average molecular weight is 356 g/mol. The van der Waals surface area contributed by atoms with Crippen LogP contribution in [0.25, 0.3) is 0 Å². The lowest BCUT2D eigenvalue weighted by atomic mass is 10.0. The molecule has 0 spiro atoms. The van der Waals surface area contributed by atoms with Crippen molar-refractivity contribution in [2.45, 2.75) is 44.4 Å². The Morgan fingerprint density at radius 2 is 2.08 bits per heavy atom. The van der Waals surface area contributed by atoms with Gasteiger partial charge in [-0.15, -0.1) is 0 Å². The normalized spacial score (nSPS) is 25.8. The molecule has 7 nitrogen and oxygen atoms in total. The number of nitrogens with one attached hydrogen (secondary N) is 2. The molecule has 3 heterocycles. The van der Waals surface area contributed by atoms with Gasteiger partial charge in [-0.2, -0.15) is 0 Å². The monoisotopic (exact) mass is 356 g/mol. The summed E-state index contributed by atoms with van der Waals surface area (Å²) in [5.74, 6) is -0.734. The molecule has 0 radical (unpaired) electrons. The van der Waals surface area contributed by atoms with E-state index in [0.717, 1.165) is 37.2 Å². The van der Waals surface area contributed by atoms with Gasteiger partial charge in [-0.25, -0.2) is 0 Å². The van der Waals surface area contributed by atoms with Crippen LogP contribution in [0.3, 0.4) is 0 Å². The smallest absolute Gasteiger partial charge is 0.255 e. The van der Waals surface area contributed by atoms with E-state index >= 15 is 0 Å². The maximum absolute atomic E-state index is 12.9. The van der Waals surface area contributed by atoms with Gasteiger partial charge < -0.3 is 10.2 Å². The van der Waals surface area contributed by atoms with Gasteiger partial charge >= 0.3 is 0 Å². The second-order valence-electron chi connectivity index (χ2n) is 7.40. The average Bonchev–Trinajstić information content (AvgIpc) is 3.25. The number of hydrogen-bond acceptors (Lipinski definition) is 5. The van der Waals surface area contributed by atoms with Gasteiger partial charge in [-0.1, -0.05) is 12.1 Å². The van der Waals surface area contributed by atoms with Crippen LogP contribution in [-0.2, 0) is 22.7 Å². The third kappa shape index (κ3) is 3.01. The number of fused-ring (bicyclic) bond motifs is 1. The molecule has 3 aliphatic heterocycles. The molecule has 3 amide bonds. The first kappa shape index (κ1) is 17.2. The highest BCUT2D eigenvalue weighted by molar-refractivity contribution is 6.05. The summed E-state index contributed by atoms with van der Waals surface area (Å²) < 4.78 is 0. The Hall–Kier alpha value is -2.25. The molecular weight excluding hydrogens is 332 g/mol. The van der Waals surface area contributed by atoms with Crippen molar-refractivity contribution in [1.82, 2.24) is 20.4 Å². The zero-order valence-corrected chi connectivity index (χ0v) is 15.0. The molecule has 3 aliphatic rings. The Balaban J connectivity index is 1.54. The van der Waals surface area contributed by atoms with Gasteiger partial charge in [0.25, 0.3) is 5.91 Å². The number of nitrogens with zero attached hydrogens (tertiary/aromatic N) is 2. The molecule has 2 saturated heterocycles. The number of benzene rings is 1. The van der Waals surface area contributed by atoms with Crippen LogP contribution in [0, 0.1) is 0 Å². The molecule has 0 saturated carbocycles. The van der Waals surface area contributed by atoms with Gasteiger partial charge in [-0.3, -0.25) is 24.6 Å². The van der Waals surface area contributed by atoms with Crippen LogP contribution in [0.2, 0.25) is 0 Å². The van der Waals surface area contributed by atoms with Crippen molar-refractivity contribution < 1.29 is 14.4 Å². The number of likely N-dealkylation sites (N-methyl/N-ethyl adjacent to an activating group) is 1. The van der Waals surface area contributed by atoms with Crippen LogP contribution in [0.15, 0.2) is 18.2 Å². The second kappa shape index (κ2) is 6.81. The lowest BCUT2D eigenvalue weighted by molar-refractivity contribution is -0.136. The van der Waals surface area contributed by atoms with Crippen molar-refractivity contribution in [3.05, 3.63) is 34.9 Å². The summed E-state index contributed by atoms with van der Waals surface area (Å²) in [6.07, 6.45) is 1.81. The van der Waals surface area contributed by atoms with E-state index in [4.69, 9.17) is 0 Å². The minimum absolute atomic E-state index is 0.110. The van der Waals surface area contributed by atoms with Gasteiger partial charge in [0.15, 0.2) is 0 Å². The second-order valence-corrected chi connectivity index (χ2v) is 7.40. The van der Waals surface area contributed by atoms with E-state index in [1.54, 1.807) is 4.90 Å². The molecule has 138 valence electrons.